The molecule has 0 amide bonds. The van der Waals surface area contributed by atoms with Crippen LogP contribution in [0.15, 0.2) is 0 Å². The number of rotatable bonds is 12. The summed E-state index contributed by atoms with van der Waals surface area (Å²) < 4.78 is 0. The number of hydrogen-bond donors (Lipinski definition) is 5. The van der Waals surface area contributed by atoms with E-state index in [9.17, 15) is 0 Å². The van der Waals surface area contributed by atoms with Gasteiger partial charge in [0.25, 0.3) is 0 Å². The van der Waals surface area contributed by atoms with E-state index in [2.05, 4.69) is 38.3 Å². The molecule has 6 N–H and O–H groups in total. The highest BCUT2D eigenvalue weighted by Gasteiger charge is 2.06. The van der Waals surface area contributed by atoms with Crippen molar-refractivity contribution in [2.75, 3.05) is 6.54 Å². The van der Waals surface area contributed by atoms with Crippen molar-refractivity contribution in [1.82, 2.24) is 10.6 Å². The Morgan fingerprint density at radius 3 is 1.65 bits per heavy atom. The first kappa shape index (κ1) is 32.9. The Kier molecular flexibility index (Phi) is 33.6. The zero-order valence-corrected chi connectivity index (χ0v) is 19.1. The fraction of sp³-hybridized carbons (Fsp3) is 0.895. The number of halogens is 2. The maximum Gasteiger partial charge on any atom is 0.195 e. The fourth-order valence-electron chi connectivity index (χ4n) is 2.40. The van der Waals surface area contributed by atoms with Crippen LogP contribution in [-0.4, -0.2) is 18.5 Å². The molecule has 0 saturated carbocycles. The summed E-state index contributed by atoms with van der Waals surface area (Å²) in [4.78, 5) is 0. The molecule has 0 aromatic rings. The Balaban J connectivity index is -0.000000192. The molecule has 0 aromatic carbocycles. The van der Waals surface area contributed by atoms with Crippen molar-refractivity contribution in [3.8, 4) is 0 Å². The van der Waals surface area contributed by atoms with Crippen LogP contribution in [0.1, 0.15) is 98.3 Å². The highest BCUT2D eigenvalue weighted by molar-refractivity contribution is 5.94. The Hall–Kier alpha value is -0.680. The highest BCUT2D eigenvalue weighted by Crippen LogP contribution is 2.10. The zero-order valence-electron chi connectivity index (χ0n) is 17.5. The predicted octanol–water partition coefficient (Wildman–Crippen LogP) is 5.81. The van der Waals surface area contributed by atoms with Crippen LogP contribution in [0.4, 0.5) is 0 Å². The van der Waals surface area contributed by atoms with E-state index in [1.54, 1.807) is 0 Å². The number of hydrogen-bond acceptors (Lipinski definition) is 2. The van der Waals surface area contributed by atoms with Gasteiger partial charge in [-0.25, -0.2) is 0 Å². The molecule has 0 aliphatic carbocycles. The second-order valence-corrected chi connectivity index (χ2v) is 6.48. The topological polar surface area (TPSA) is 97.8 Å². The van der Waals surface area contributed by atoms with Crippen molar-refractivity contribution in [2.45, 2.75) is 98.3 Å². The van der Waals surface area contributed by atoms with Crippen molar-refractivity contribution in [3.05, 3.63) is 0 Å². The summed E-state index contributed by atoms with van der Waals surface area (Å²) in [5.74, 6) is 0.505. The number of nitrogens with two attached hydrogens (primary N) is 1. The van der Waals surface area contributed by atoms with Crippen LogP contribution in [0.2, 0.25) is 0 Å². The Morgan fingerprint density at radius 1 is 0.808 bits per heavy atom. The number of nitrogens with one attached hydrogen (secondary N) is 4. The summed E-state index contributed by atoms with van der Waals surface area (Å²) in [7, 11) is 0. The van der Waals surface area contributed by atoms with Gasteiger partial charge in [0.05, 0.1) is 0 Å². The van der Waals surface area contributed by atoms with Crippen molar-refractivity contribution in [2.24, 2.45) is 11.7 Å². The van der Waals surface area contributed by atoms with E-state index in [1.165, 1.54) is 64.2 Å². The summed E-state index contributed by atoms with van der Waals surface area (Å²) in [5, 5.41) is 19.7. The van der Waals surface area contributed by atoms with Gasteiger partial charge in [-0.1, -0.05) is 91.9 Å². The molecule has 0 radical (unpaired) electrons. The third kappa shape index (κ3) is 28.1. The predicted molar refractivity (Wildman–Crippen MR) is 122 cm³/mol. The van der Waals surface area contributed by atoms with Gasteiger partial charge in [0, 0.05) is 6.54 Å². The van der Waals surface area contributed by atoms with E-state index >= 15 is 0 Å². The monoisotopic (exact) mass is 413 g/mol. The van der Waals surface area contributed by atoms with Crippen LogP contribution in [0.5, 0.6) is 0 Å². The minimum atomic E-state index is -0.200. The van der Waals surface area contributed by atoms with Crippen LogP contribution in [0, 0.1) is 16.7 Å². The molecule has 160 valence electrons. The first-order chi connectivity index (χ1) is 11.5. The molecule has 0 heterocycles. The van der Waals surface area contributed by atoms with Crippen molar-refractivity contribution < 1.29 is 0 Å². The quantitative estimate of drug-likeness (QED) is 0.158. The SMILES string of the molecule is CCCCC(CC)CNC(=N)NC(=N)N.CCCCCCCCC.Cl.Cl. The maximum absolute atomic E-state index is 7.42. The van der Waals surface area contributed by atoms with Crippen LogP contribution in [-0.2, 0) is 0 Å². The second kappa shape index (κ2) is 26.5. The Bertz CT molecular complexity index is 296. The van der Waals surface area contributed by atoms with Gasteiger partial charge < -0.3 is 11.1 Å². The molecule has 0 rings (SSSR count). The molecule has 0 aliphatic rings. The average molecular weight is 415 g/mol. The summed E-state index contributed by atoms with van der Waals surface area (Å²) in [6.07, 6.45) is 14.7. The second-order valence-electron chi connectivity index (χ2n) is 6.48. The van der Waals surface area contributed by atoms with E-state index in [-0.39, 0.29) is 36.7 Å². The van der Waals surface area contributed by atoms with Crippen molar-refractivity contribution in [1.29, 1.82) is 10.8 Å². The van der Waals surface area contributed by atoms with Crippen LogP contribution >= 0.6 is 24.8 Å². The lowest BCUT2D eigenvalue weighted by Gasteiger charge is -2.16. The third-order valence-corrected chi connectivity index (χ3v) is 4.08. The first-order valence-corrected chi connectivity index (χ1v) is 9.95. The number of unbranched alkanes of at least 4 members (excludes halogenated alkanes) is 7. The Morgan fingerprint density at radius 2 is 1.27 bits per heavy atom. The van der Waals surface area contributed by atoms with Crippen molar-refractivity contribution in [3.63, 3.8) is 0 Å². The lowest BCUT2D eigenvalue weighted by atomic mass is 9.99. The molecule has 0 bridgehead atoms. The summed E-state index contributed by atoms with van der Waals surface area (Å²) in [5.41, 5.74) is 5.10. The minimum absolute atomic E-state index is 0. The standard InChI is InChI=1S/C10H23N5.C9H20.2ClH/c1-3-5-6-8(4-2)7-14-10(13)15-9(11)12;1-3-5-7-9-8-6-4-2;;/h8H,3-7H2,1-2H3,(H6,11,12,13,14,15);3-9H2,1-2H3;2*1H. The summed E-state index contributed by atoms with van der Waals surface area (Å²) in [6, 6.07) is 0. The molecular formula is C19H45Cl2N5. The van der Waals surface area contributed by atoms with E-state index in [0.29, 0.717) is 5.92 Å². The summed E-state index contributed by atoms with van der Waals surface area (Å²) >= 11 is 0. The Labute approximate surface area is 174 Å². The summed E-state index contributed by atoms with van der Waals surface area (Å²) in [6.45, 7) is 9.64. The van der Waals surface area contributed by atoms with E-state index in [1.807, 2.05) is 0 Å². The first-order valence-electron chi connectivity index (χ1n) is 9.95. The third-order valence-electron chi connectivity index (χ3n) is 4.08. The minimum Gasteiger partial charge on any atom is -0.370 e. The molecule has 26 heavy (non-hydrogen) atoms. The van der Waals surface area contributed by atoms with Gasteiger partial charge in [0.2, 0.25) is 0 Å². The van der Waals surface area contributed by atoms with Crippen LogP contribution in [0.3, 0.4) is 0 Å². The number of guanidine groups is 2. The average Bonchev–Trinajstić information content (AvgIpc) is 2.55. The van der Waals surface area contributed by atoms with Crippen LogP contribution < -0.4 is 16.4 Å². The lowest BCUT2D eigenvalue weighted by Crippen LogP contribution is -2.44. The van der Waals surface area contributed by atoms with Gasteiger partial charge in [-0.15, -0.1) is 24.8 Å². The van der Waals surface area contributed by atoms with Gasteiger partial charge in [-0.2, -0.15) is 0 Å². The van der Waals surface area contributed by atoms with Crippen LogP contribution in [0.25, 0.3) is 0 Å². The molecule has 5 nitrogen and oxygen atoms in total. The van der Waals surface area contributed by atoms with Gasteiger partial charge in [-0.05, 0) is 12.3 Å². The molecule has 1 atom stereocenters. The van der Waals surface area contributed by atoms with E-state index < -0.39 is 0 Å². The molecule has 0 spiro atoms. The largest absolute Gasteiger partial charge is 0.370 e. The van der Waals surface area contributed by atoms with E-state index in [4.69, 9.17) is 16.6 Å². The smallest absolute Gasteiger partial charge is 0.195 e. The zero-order chi connectivity index (χ0) is 18.6. The van der Waals surface area contributed by atoms with Gasteiger partial charge in [0.15, 0.2) is 11.9 Å². The molecule has 0 aliphatic heterocycles. The molecular weight excluding hydrogens is 369 g/mol. The highest BCUT2D eigenvalue weighted by atomic mass is 35.5. The fourth-order valence-corrected chi connectivity index (χ4v) is 2.40. The molecule has 1 unspecified atom stereocenters. The van der Waals surface area contributed by atoms with Gasteiger partial charge >= 0.3 is 0 Å². The van der Waals surface area contributed by atoms with Gasteiger partial charge in [-0.3, -0.25) is 16.1 Å². The lowest BCUT2D eigenvalue weighted by molar-refractivity contribution is 0.444. The molecule has 0 saturated heterocycles. The van der Waals surface area contributed by atoms with Gasteiger partial charge in [0.1, 0.15) is 0 Å². The van der Waals surface area contributed by atoms with E-state index in [0.717, 1.165) is 13.0 Å². The normalized spacial score (nSPS) is 10.3. The maximum atomic E-state index is 7.42. The molecule has 7 heteroatoms. The molecule has 0 fully saturated rings. The van der Waals surface area contributed by atoms with Crippen molar-refractivity contribution >= 4 is 36.7 Å². The molecule has 0 aromatic heterocycles.